The van der Waals surface area contributed by atoms with E-state index in [2.05, 4.69) is 5.16 Å². The third-order valence-corrected chi connectivity index (χ3v) is 2.41. The Labute approximate surface area is 104 Å². The number of carboxylic acid groups (broad SMARTS) is 1. The number of aromatic carboxylic acids is 1. The molecule has 0 saturated carbocycles. The molecular weight excluding hydrogens is 234 g/mol. The quantitative estimate of drug-likeness (QED) is 0.898. The van der Waals surface area contributed by atoms with Gasteiger partial charge in [-0.05, 0) is 26.0 Å². The maximum Gasteiger partial charge on any atom is 0.339 e. The molecule has 0 bridgehead atoms. The van der Waals surface area contributed by atoms with E-state index in [1.165, 1.54) is 0 Å². The maximum absolute atomic E-state index is 11.1. The third kappa shape index (κ3) is 2.68. The number of aromatic nitrogens is 1. The molecule has 5 heteroatoms. The van der Waals surface area contributed by atoms with Crippen LogP contribution in [0.25, 0.3) is 0 Å². The SMILES string of the molecule is Cc1ccc(OCc2cc(C)no2)c(C(=O)O)c1. The lowest BCUT2D eigenvalue weighted by Crippen LogP contribution is -2.03. The van der Waals surface area contributed by atoms with E-state index < -0.39 is 5.97 Å². The van der Waals surface area contributed by atoms with Gasteiger partial charge in [-0.15, -0.1) is 0 Å². The molecule has 0 aliphatic rings. The first-order valence-corrected chi connectivity index (χ1v) is 5.45. The lowest BCUT2D eigenvalue weighted by atomic mass is 10.1. The smallest absolute Gasteiger partial charge is 0.339 e. The number of nitrogens with zero attached hydrogens (tertiary/aromatic N) is 1. The number of carboxylic acids is 1. The summed E-state index contributed by atoms with van der Waals surface area (Å²) in [6.07, 6.45) is 0. The molecule has 18 heavy (non-hydrogen) atoms. The Kier molecular flexibility index (Phi) is 3.32. The van der Waals surface area contributed by atoms with E-state index in [4.69, 9.17) is 14.4 Å². The van der Waals surface area contributed by atoms with Crippen LogP contribution in [-0.4, -0.2) is 16.2 Å². The van der Waals surface area contributed by atoms with Crippen molar-refractivity contribution in [3.8, 4) is 5.75 Å². The van der Waals surface area contributed by atoms with E-state index in [9.17, 15) is 4.79 Å². The largest absolute Gasteiger partial charge is 0.485 e. The van der Waals surface area contributed by atoms with Gasteiger partial charge in [0.1, 0.15) is 17.9 Å². The molecule has 0 atom stereocenters. The zero-order chi connectivity index (χ0) is 13.1. The summed E-state index contributed by atoms with van der Waals surface area (Å²) in [6.45, 7) is 3.79. The van der Waals surface area contributed by atoms with Crippen LogP contribution in [0.4, 0.5) is 0 Å². The number of hydrogen-bond donors (Lipinski definition) is 1. The molecule has 0 spiro atoms. The minimum Gasteiger partial charge on any atom is -0.485 e. The molecule has 0 amide bonds. The molecule has 2 aromatic rings. The number of benzene rings is 1. The Morgan fingerprint density at radius 3 is 2.78 bits per heavy atom. The van der Waals surface area contributed by atoms with Gasteiger partial charge in [0.15, 0.2) is 5.76 Å². The topological polar surface area (TPSA) is 72.6 Å². The maximum atomic E-state index is 11.1. The lowest BCUT2D eigenvalue weighted by Gasteiger charge is -2.08. The second-order valence-corrected chi connectivity index (χ2v) is 4.03. The predicted octanol–water partition coefficient (Wildman–Crippen LogP) is 2.57. The first-order valence-electron chi connectivity index (χ1n) is 5.45. The van der Waals surface area contributed by atoms with Gasteiger partial charge in [0.2, 0.25) is 0 Å². The van der Waals surface area contributed by atoms with E-state index in [-0.39, 0.29) is 12.2 Å². The summed E-state index contributed by atoms with van der Waals surface area (Å²) in [5, 5.41) is 12.8. The number of rotatable bonds is 4. The van der Waals surface area contributed by atoms with Gasteiger partial charge in [-0.1, -0.05) is 16.8 Å². The van der Waals surface area contributed by atoms with Gasteiger partial charge in [0.25, 0.3) is 0 Å². The van der Waals surface area contributed by atoms with E-state index in [1.54, 1.807) is 24.3 Å². The zero-order valence-electron chi connectivity index (χ0n) is 10.1. The van der Waals surface area contributed by atoms with Gasteiger partial charge in [-0.25, -0.2) is 4.79 Å². The minimum absolute atomic E-state index is 0.145. The van der Waals surface area contributed by atoms with Gasteiger partial charge in [-0.3, -0.25) is 0 Å². The Bertz CT molecular complexity index is 574. The molecule has 1 N–H and O–H groups in total. The highest BCUT2D eigenvalue weighted by Gasteiger charge is 2.12. The fourth-order valence-corrected chi connectivity index (χ4v) is 1.57. The molecule has 0 fully saturated rings. The van der Waals surface area contributed by atoms with Crippen LogP contribution in [-0.2, 0) is 6.61 Å². The van der Waals surface area contributed by atoms with Crippen molar-refractivity contribution in [2.75, 3.05) is 0 Å². The predicted molar refractivity (Wildman–Crippen MR) is 63.7 cm³/mol. The van der Waals surface area contributed by atoms with E-state index >= 15 is 0 Å². The molecule has 5 nitrogen and oxygen atoms in total. The molecule has 1 heterocycles. The molecule has 1 aromatic carbocycles. The van der Waals surface area contributed by atoms with E-state index in [0.29, 0.717) is 11.5 Å². The van der Waals surface area contributed by atoms with E-state index in [1.807, 2.05) is 13.8 Å². The van der Waals surface area contributed by atoms with Crippen LogP contribution in [0.3, 0.4) is 0 Å². The zero-order valence-corrected chi connectivity index (χ0v) is 10.1. The summed E-state index contributed by atoms with van der Waals surface area (Å²) in [7, 11) is 0. The van der Waals surface area contributed by atoms with Crippen LogP contribution in [0.5, 0.6) is 5.75 Å². The first-order chi connectivity index (χ1) is 8.56. The summed E-state index contributed by atoms with van der Waals surface area (Å²) in [6, 6.07) is 6.76. The normalized spacial score (nSPS) is 10.3. The highest BCUT2D eigenvalue weighted by atomic mass is 16.5. The fourth-order valence-electron chi connectivity index (χ4n) is 1.57. The number of carbonyl (C=O) groups is 1. The molecule has 94 valence electrons. The molecule has 0 unspecified atom stereocenters. The summed E-state index contributed by atoms with van der Waals surface area (Å²) in [5.74, 6) is -0.131. The minimum atomic E-state index is -1.01. The number of aryl methyl sites for hydroxylation is 2. The number of hydrogen-bond acceptors (Lipinski definition) is 4. The molecule has 0 saturated heterocycles. The van der Waals surface area contributed by atoms with Crippen molar-refractivity contribution in [2.45, 2.75) is 20.5 Å². The average Bonchev–Trinajstić information content (AvgIpc) is 2.73. The van der Waals surface area contributed by atoms with Crippen LogP contribution in [0.15, 0.2) is 28.8 Å². The lowest BCUT2D eigenvalue weighted by molar-refractivity contribution is 0.0691. The Hall–Kier alpha value is -2.30. The van der Waals surface area contributed by atoms with Gasteiger partial charge in [-0.2, -0.15) is 0 Å². The van der Waals surface area contributed by atoms with Crippen molar-refractivity contribution in [3.05, 3.63) is 46.8 Å². The second-order valence-electron chi connectivity index (χ2n) is 4.03. The highest BCUT2D eigenvalue weighted by Crippen LogP contribution is 2.21. The Morgan fingerprint density at radius 1 is 1.39 bits per heavy atom. The first kappa shape index (κ1) is 12.2. The summed E-state index contributed by atoms with van der Waals surface area (Å²) >= 11 is 0. The third-order valence-electron chi connectivity index (χ3n) is 2.41. The Morgan fingerprint density at radius 2 is 2.17 bits per heavy atom. The monoisotopic (exact) mass is 247 g/mol. The van der Waals surface area contributed by atoms with Crippen LogP contribution < -0.4 is 4.74 Å². The van der Waals surface area contributed by atoms with Crippen LogP contribution in [0.2, 0.25) is 0 Å². The number of ether oxygens (including phenoxy) is 1. The molecular formula is C13H13NO4. The summed E-state index contributed by atoms with van der Waals surface area (Å²) in [4.78, 5) is 11.1. The highest BCUT2D eigenvalue weighted by molar-refractivity contribution is 5.91. The van der Waals surface area contributed by atoms with Gasteiger partial charge < -0.3 is 14.4 Å². The van der Waals surface area contributed by atoms with E-state index in [0.717, 1.165) is 11.3 Å². The summed E-state index contributed by atoms with van der Waals surface area (Å²) in [5.41, 5.74) is 1.78. The average molecular weight is 247 g/mol. The van der Waals surface area contributed by atoms with Gasteiger partial charge in [0.05, 0.1) is 5.69 Å². The van der Waals surface area contributed by atoms with Crippen molar-refractivity contribution in [1.82, 2.24) is 5.16 Å². The van der Waals surface area contributed by atoms with Crippen molar-refractivity contribution >= 4 is 5.97 Å². The van der Waals surface area contributed by atoms with Crippen molar-refractivity contribution in [3.63, 3.8) is 0 Å². The summed E-state index contributed by atoms with van der Waals surface area (Å²) < 4.78 is 10.4. The molecule has 1 aromatic heterocycles. The molecule has 0 aliphatic heterocycles. The molecule has 2 rings (SSSR count). The second kappa shape index (κ2) is 4.91. The van der Waals surface area contributed by atoms with Crippen LogP contribution in [0, 0.1) is 13.8 Å². The molecule has 0 aliphatic carbocycles. The van der Waals surface area contributed by atoms with Gasteiger partial charge in [0, 0.05) is 6.07 Å². The van der Waals surface area contributed by atoms with Crippen molar-refractivity contribution in [2.24, 2.45) is 0 Å². The van der Waals surface area contributed by atoms with Crippen molar-refractivity contribution < 1.29 is 19.2 Å². The van der Waals surface area contributed by atoms with Crippen molar-refractivity contribution in [1.29, 1.82) is 0 Å². The van der Waals surface area contributed by atoms with Gasteiger partial charge >= 0.3 is 5.97 Å². The van der Waals surface area contributed by atoms with Crippen LogP contribution in [0.1, 0.15) is 27.4 Å². The molecule has 0 radical (unpaired) electrons. The standard InChI is InChI=1S/C13H13NO4/c1-8-3-4-12(11(5-8)13(15)16)17-7-10-6-9(2)14-18-10/h3-6H,7H2,1-2H3,(H,15,16). The fraction of sp³-hybridized carbons (Fsp3) is 0.231. The van der Waals surface area contributed by atoms with Crippen LogP contribution >= 0.6 is 0 Å². The Balaban J connectivity index is 2.16.